The standard InChI is InChI=1S/C11H11N3O2/c1-8(15)11(13-14-12)7-9-4-3-5-10(6-9)16-2/h3-7H,1-2H3/b11-7-. The molecule has 5 heteroatoms. The van der Waals surface area contributed by atoms with Crippen LogP contribution in [0.15, 0.2) is 35.1 Å². The Morgan fingerprint density at radius 3 is 2.88 bits per heavy atom. The summed E-state index contributed by atoms with van der Waals surface area (Å²) in [5.74, 6) is 0.401. The summed E-state index contributed by atoms with van der Waals surface area (Å²) in [5.41, 5.74) is 9.13. The van der Waals surface area contributed by atoms with Crippen molar-refractivity contribution in [2.24, 2.45) is 5.11 Å². The second kappa shape index (κ2) is 5.58. The van der Waals surface area contributed by atoms with E-state index in [0.29, 0.717) is 5.75 Å². The predicted molar refractivity (Wildman–Crippen MR) is 60.8 cm³/mol. The minimum Gasteiger partial charge on any atom is -0.497 e. The van der Waals surface area contributed by atoms with Gasteiger partial charge < -0.3 is 4.74 Å². The third kappa shape index (κ3) is 3.15. The molecular weight excluding hydrogens is 206 g/mol. The Hall–Kier alpha value is -2.26. The van der Waals surface area contributed by atoms with E-state index >= 15 is 0 Å². The van der Waals surface area contributed by atoms with Crippen molar-refractivity contribution < 1.29 is 9.53 Å². The number of methoxy groups -OCH3 is 1. The summed E-state index contributed by atoms with van der Waals surface area (Å²) in [4.78, 5) is 13.7. The topological polar surface area (TPSA) is 75.1 Å². The van der Waals surface area contributed by atoms with Crippen LogP contribution in [0.25, 0.3) is 16.5 Å². The molecule has 0 unspecified atom stereocenters. The number of hydrogen-bond acceptors (Lipinski definition) is 3. The van der Waals surface area contributed by atoms with Gasteiger partial charge in [0, 0.05) is 4.91 Å². The lowest BCUT2D eigenvalue weighted by molar-refractivity contribution is -0.113. The number of ether oxygens (including phenoxy) is 1. The Kier molecular flexibility index (Phi) is 4.12. The van der Waals surface area contributed by atoms with Gasteiger partial charge in [0.25, 0.3) is 0 Å². The van der Waals surface area contributed by atoms with Crippen molar-refractivity contribution in [2.75, 3.05) is 7.11 Å². The summed E-state index contributed by atoms with van der Waals surface area (Å²) in [6.45, 7) is 1.35. The van der Waals surface area contributed by atoms with Crippen molar-refractivity contribution in [1.82, 2.24) is 0 Å². The maximum absolute atomic E-state index is 11.1. The second-order valence-corrected chi connectivity index (χ2v) is 3.05. The van der Waals surface area contributed by atoms with Gasteiger partial charge in [-0.1, -0.05) is 17.2 Å². The molecule has 0 saturated heterocycles. The van der Waals surface area contributed by atoms with E-state index in [1.165, 1.54) is 13.0 Å². The smallest absolute Gasteiger partial charge is 0.162 e. The van der Waals surface area contributed by atoms with Gasteiger partial charge >= 0.3 is 0 Å². The number of carbonyl (C=O) groups is 1. The molecule has 0 heterocycles. The lowest BCUT2D eigenvalue weighted by Gasteiger charge is -2.01. The number of ketones is 1. The van der Waals surface area contributed by atoms with E-state index in [1.54, 1.807) is 31.4 Å². The molecule has 0 aromatic heterocycles. The molecule has 0 fully saturated rings. The molecule has 0 spiro atoms. The number of hydrogen-bond donors (Lipinski definition) is 0. The molecule has 0 saturated carbocycles. The van der Waals surface area contributed by atoms with Crippen molar-refractivity contribution in [1.29, 1.82) is 0 Å². The number of rotatable bonds is 4. The van der Waals surface area contributed by atoms with Crippen LogP contribution in [0.4, 0.5) is 0 Å². The number of nitrogens with zero attached hydrogens (tertiary/aromatic N) is 3. The lowest BCUT2D eigenvalue weighted by atomic mass is 10.1. The number of Topliss-reactive ketones (excluding diaryl/α,β-unsaturated/α-hetero) is 1. The van der Waals surface area contributed by atoms with E-state index in [1.807, 2.05) is 0 Å². The highest BCUT2D eigenvalue weighted by Crippen LogP contribution is 2.16. The number of benzene rings is 1. The zero-order chi connectivity index (χ0) is 12.0. The van der Waals surface area contributed by atoms with Gasteiger partial charge in [0.1, 0.15) is 5.75 Å². The molecule has 16 heavy (non-hydrogen) atoms. The molecular formula is C11H11N3O2. The maximum atomic E-state index is 11.1. The normalized spacial score (nSPS) is 10.5. The monoisotopic (exact) mass is 217 g/mol. The van der Waals surface area contributed by atoms with Gasteiger partial charge in [0.15, 0.2) is 5.78 Å². The largest absolute Gasteiger partial charge is 0.497 e. The first-order valence-electron chi connectivity index (χ1n) is 4.59. The minimum atomic E-state index is -0.277. The summed E-state index contributed by atoms with van der Waals surface area (Å²) < 4.78 is 5.04. The number of carbonyl (C=O) groups excluding carboxylic acids is 1. The molecule has 1 aromatic rings. The highest BCUT2D eigenvalue weighted by Gasteiger charge is 2.01. The summed E-state index contributed by atoms with van der Waals surface area (Å²) in [5, 5.41) is 3.33. The van der Waals surface area contributed by atoms with Crippen molar-refractivity contribution >= 4 is 11.9 Å². The molecule has 0 radical (unpaired) electrons. The molecule has 1 aromatic carbocycles. The van der Waals surface area contributed by atoms with E-state index < -0.39 is 0 Å². The Balaban J connectivity index is 3.12. The van der Waals surface area contributed by atoms with Crippen LogP contribution in [0, 0.1) is 0 Å². The average Bonchev–Trinajstić information content (AvgIpc) is 2.28. The molecule has 0 bridgehead atoms. The molecule has 0 aliphatic heterocycles. The van der Waals surface area contributed by atoms with E-state index in [-0.39, 0.29) is 11.5 Å². The fourth-order valence-electron chi connectivity index (χ4n) is 1.14. The zero-order valence-corrected chi connectivity index (χ0v) is 9.04. The first-order chi connectivity index (χ1) is 7.67. The van der Waals surface area contributed by atoms with Crippen LogP contribution >= 0.6 is 0 Å². The van der Waals surface area contributed by atoms with Crippen LogP contribution in [0.3, 0.4) is 0 Å². The van der Waals surface area contributed by atoms with Crippen molar-refractivity contribution in [3.63, 3.8) is 0 Å². The molecule has 0 N–H and O–H groups in total. The molecule has 1 rings (SSSR count). The highest BCUT2D eigenvalue weighted by atomic mass is 16.5. The number of allylic oxidation sites excluding steroid dienone is 1. The third-order valence-corrected chi connectivity index (χ3v) is 1.91. The fourth-order valence-corrected chi connectivity index (χ4v) is 1.14. The summed E-state index contributed by atoms with van der Waals surface area (Å²) in [7, 11) is 1.56. The van der Waals surface area contributed by atoms with Crippen LogP contribution < -0.4 is 4.74 Å². The first-order valence-corrected chi connectivity index (χ1v) is 4.59. The first kappa shape index (κ1) is 11.8. The van der Waals surface area contributed by atoms with Gasteiger partial charge in [-0.05, 0) is 36.2 Å². The Labute approximate surface area is 93.0 Å². The van der Waals surface area contributed by atoms with Crippen LogP contribution in [0.5, 0.6) is 5.75 Å². The lowest BCUT2D eigenvalue weighted by Crippen LogP contribution is -1.92. The Bertz CT molecular complexity index is 470. The van der Waals surface area contributed by atoms with Gasteiger partial charge in [-0.25, -0.2) is 0 Å². The zero-order valence-electron chi connectivity index (χ0n) is 9.04. The molecule has 0 atom stereocenters. The van der Waals surface area contributed by atoms with E-state index in [9.17, 15) is 4.79 Å². The van der Waals surface area contributed by atoms with Gasteiger partial charge in [-0.2, -0.15) is 0 Å². The Morgan fingerprint density at radius 1 is 1.56 bits per heavy atom. The van der Waals surface area contributed by atoms with Gasteiger partial charge in [-0.3, -0.25) is 4.79 Å². The molecule has 0 amide bonds. The SMILES string of the molecule is COc1cccc(/C=C(\N=[N+]=[N-])C(C)=O)c1. The summed E-state index contributed by atoms with van der Waals surface area (Å²) >= 11 is 0. The van der Waals surface area contributed by atoms with Gasteiger partial charge in [0.05, 0.1) is 12.8 Å². The average molecular weight is 217 g/mol. The van der Waals surface area contributed by atoms with Crippen LogP contribution in [0.1, 0.15) is 12.5 Å². The number of azide groups is 1. The molecule has 0 aliphatic rings. The van der Waals surface area contributed by atoms with Gasteiger partial charge in [-0.15, -0.1) is 0 Å². The van der Waals surface area contributed by atoms with Crippen LogP contribution in [0.2, 0.25) is 0 Å². The summed E-state index contributed by atoms with van der Waals surface area (Å²) in [6.07, 6.45) is 1.52. The van der Waals surface area contributed by atoms with Gasteiger partial charge in [0.2, 0.25) is 0 Å². The summed E-state index contributed by atoms with van der Waals surface area (Å²) in [6, 6.07) is 7.12. The minimum absolute atomic E-state index is 0.0794. The fraction of sp³-hybridized carbons (Fsp3) is 0.182. The van der Waals surface area contributed by atoms with Crippen LogP contribution in [-0.2, 0) is 4.79 Å². The van der Waals surface area contributed by atoms with E-state index in [4.69, 9.17) is 10.3 Å². The maximum Gasteiger partial charge on any atom is 0.162 e. The third-order valence-electron chi connectivity index (χ3n) is 1.91. The second-order valence-electron chi connectivity index (χ2n) is 3.05. The van der Waals surface area contributed by atoms with Crippen molar-refractivity contribution in [3.8, 4) is 5.75 Å². The van der Waals surface area contributed by atoms with Crippen LogP contribution in [-0.4, -0.2) is 12.9 Å². The molecule has 0 aliphatic carbocycles. The quantitative estimate of drug-likeness (QED) is 0.336. The van der Waals surface area contributed by atoms with E-state index in [0.717, 1.165) is 5.56 Å². The molecule has 5 nitrogen and oxygen atoms in total. The van der Waals surface area contributed by atoms with E-state index in [2.05, 4.69) is 10.0 Å². The highest BCUT2D eigenvalue weighted by molar-refractivity contribution is 5.97. The molecule has 82 valence electrons. The van der Waals surface area contributed by atoms with Crippen molar-refractivity contribution in [3.05, 3.63) is 46.0 Å². The van der Waals surface area contributed by atoms with Crippen molar-refractivity contribution in [2.45, 2.75) is 6.92 Å². The Morgan fingerprint density at radius 2 is 2.31 bits per heavy atom. The predicted octanol–water partition coefficient (Wildman–Crippen LogP) is 2.94.